The highest BCUT2D eigenvalue weighted by Gasteiger charge is 2.21. The first-order chi connectivity index (χ1) is 8.31. The Kier molecular flexibility index (Phi) is 4.61. The third kappa shape index (κ3) is 3.32. The van der Waals surface area contributed by atoms with Crippen LogP contribution >= 0.6 is 0 Å². The first kappa shape index (κ1) is 12.6. The van der Waals surface area contributed by atoms with Crippen molar-refractivity contribution in [1.82, 2.24) is 4.90 Å². The smallest absolute Gasteiger partial charge is 0.0136 e. The van der Waals surface area contributed by atoms with Gasteiger partial charge < -0.3 is 4.90 Å². The van der Waals surface area contributed by atoms with Crippen LogP contribution in [0, 0.1) is 6.92 Å². The van der Waals surface area contributed by atoms with Gasteiger partial charge in [-0.3, -0.25) is 0 Å². The quantitative estimate of drug-likeness (QED) is 0.745. The van der Waals surface area contributed by atoms with Crippen LogP contribution in [-0.2, 0) is 6.42 Å². The zero-order valence-electron chi connectivity index (χ0n) is 11.3. The molecule has 2 rings (SSSR count). The van der Waals surface area contributed by atoms with Crippen LogP contribution in [0.15, 0.2) is 24.3 Å². The third-order valence-electron chi connectivity index (χ3n) is 4.00. The van der Waals surface area contributed by atoms with Gasteiger partial charge in [0.1, 0.15) is 0 Å². The van der Waals surface area contributed by atoms with Gasteiger partial charge >= 0.3 is 0 Å². The Morgan fingerprint density at radius 2 is 1.88 bits per heavy atom. The van der Waals surface area contributed by atoms with Gasteiger partial charge in [0.2, 0.25) is 0 Å². The number of benzene rings is 1. The molecule has 1 atom stereocenters. The standard InChI is InChI=1S/C16H25N/c1-3-8-16(17-11-6-7-12-17)13-15-10-5-4-9-14(15)2/h4-5,9-10,16H,3,6-8,11-13H2,1-2H3. The Bertz CT molecular complexity index is 339. The number of rotatable bonds is 5. The second kappa shape index (κ2) is 6.20. The lowest BCUT2D eigenvalue weighted by molar-refractivity contribution is 0.227. The van der Waals surface area contributed by atoms with Crippen LogP contribution in [0.25, 0.3) is 0 Å². The van der Waals surface area contributed by atoms with Gasteiger partial charge in [0, 0.05) is 6.04 Å². The summed E-state index contributed by atoms with van der Waals surface area (Å²) in [5.74, 6) is 0. The van der Waals surface area contributed by atoms with E-state index in [0.717, 1.165) is 6.04 Å². The van der Waals surface area contributed by atoms with Gasteiger partial charge in [-0.05, 0) is 56.8 Å². The van der Waals surface area contributed by atoms with Gasteiger partial charge in [-0.15, -0.1) is 0 Å². The van der Waals surface area contributed by atoms with E-state index in [-0.39, 0.29) is 0 Å². The number of nitrogens with zero attached hydrogens (tertiary/aromatic N) is 1. The molecule has 0 saturated carbocycles. The van der Waals surface area contributed by atoms with E-state index in [9.17, 15) is 0 Å². The normalized spacial score (nSPS) is 18.5. The molecule has 1 unspecified atom stereocenters. The fourth-order valence-corrected chi connectivity index (χ4v) is 2.95. The summed E-state index contributed by atoms with van der Waals surface area (Å²) in [5, 5.41) is 0. The Morgan fingerprint density at radius 1 is 1.18 bits per heavy atom. The molecule has 0 spiro atoms. The number of aryl methyl sites for hydroxylation is 1. The summed E-state index contributed by atoms with van der Waals surface area (Å²) in [7, 11) is 0. The van der Waals surface area contributed by atoms with Gasteiger partial charge in [0.05, 0.1) is 0 Å². The Labute approximate surface area is 106 Å². The maximum absolute atomic E-state index is 2.70. The van der Waals surface area contributed by atoms with Gasteiger partial charge in [0.15, 0.2) is 0 Å². The summed E-state index contributed by atoms with van der Waals surface area (Å²) >= 11 is 0. The van der Waals surface area contributed by atoms with Crippen molar-refractivity contribution in [2.24, 2.45) is 0 Å². The van der Waals surface area contributed by atoms with E-state index in [1.165, 1.54) is 56.3 Å². The molecule has 1 aromatic carbocycles. The predicted molar refractivity (Wildman–Crippen MR) is 74.4 cm³/mol. The van der Waals surface area contributed by atoms with Crippen LogP contribution in [0.3, 0.4) is 0 Å². The van der Waals surface area contributed by atoms with Crippen LogP contribution in [-0.4, -0.2) is 24.0 Å². The SMILES string of the molecule is CCCC(Cc1ccccc1C)N1CCCC1. The lowest BCUT2D eigenvalue weighted by atomic mass is 9.97. The largest absolute Gasteiger partial charge is 0.300 e. The fourth-order valence-electron chi connectivity index (χ4n) is 2.95. The zero-order valence-corrected chi connectivity index (χ0v) is 11.3. The molecule has 1 aliphatic heterocycles. The molecule has 1 heteroatoms. The van der Waals surface area contributed by atoms with Crippen LogP contribution in [0.1, 0.15) is 43.7 Å². The van der Waals surface area contributed by atoms with E-state index in [0.29, 0.717) is 0 Å². The lowest BCUT2D eigenvalue weighted by Gasteiger charge is -2.28. The minimum atomic E-state index is 0.767. The van der Waals surface area contributed by atoms with Crippen LogP contribution in [0.5, 0.6) is 0 Å². The molecule has 0 amide bonds. The minimum absolute atomic E-state index is 0.767. The van der Waals surface area contributed by atoms with E-state index in [1.54, 1.807) is 0 Å². The molecule has 1 heterocycles. The molecule has 1 aromatic rings. The molecule has 17 heavy (non-hydrogen) atoms. The Balaban J connectivity index is 2.04. The molecule has 1 fully saturated rings. The Hall–Kier alpha value is -0.820. The molecule has 1 aliphatic rings. The van der Waals surface area contributed by atoms with Crippen molar-refractivity contribution in [3.8, 4) is 0 Å². The van der Waals surface area contributed by atoms with Gasteiger partial charge in [-0.25, -0.2) is 0 Å². The summed E-state index contributed by atoms with van der Waals surface area (Å²) in [6.45, 7) is 7.18. The molecule has 0 bridgehead atoms. The van der Waals surface area contributed by atoms with Gasteiger partial charge in [0.25, 0.3) is 0 Å². The molecule has 94 valence electrons. The van der Waals surface area contributed by atoms with Crippen molar-refractivity contribution < 1.29 is 0 Å². The lowest BCUT2D eigenvalue weighted by Crippen LogP contribution is -2.34. The monoisotopic (exact) mass is 231 g/mol. The van der Waals surface area contributed by atoms with E-state index in [1.807, 2.05) is 0 Å². The van der Waals surface area contributed by atoms with Crippen molar-refractivity contribution in [2.75, 3.05) is 13.1 Å². The summed E-state index contributed by atoms with van der Waals surface area (Å²) in [6, 6.07) is 9.62. The maximum atomic E-state index is 2.70. The molecule has 1 saturated heterocycles. The van der Waals surface area contributed by atoms with E-state index in [4.69, 9.17) is 0 Å². The van der Waals surface area contributed by atoms with Crippen LogP contribution in [0.2, 0.25) is 0 Å². The van der Waals surface area contributed by atoms with Gasteiger partial charge in [-0.2, -0.15) is 0 Å². The molecule has 0 N–H and O–H groups in total. The van der Waals surface area contributed by atoms with Crippen LogP contribution in [0.4, 0.5) is 0 Å². The first-order valence-electron chi connectivity index (χ1n) is 7.10. The molecular weight excluding hydrogens is 206 g/mol. The second-order valence-corrected chi connectivity index (χ2v) is 5.32. The first-order valence-corrected chi connectivity index (χ1v) is 7.10. The summed E-state index contributed by atoms with van der Waals surface area (Å²) < 4.78 is 0. The second-order valence-electron chi connectivity index (χ2n) is 5.32. The number of hydrogen-bond acceptors (Lipinski definition) is 1. The molecule has 1 nitrogen and oxygen atoms in total. The Morgan fingerprint density at radius 3 is 2.53 bits per heavy atom. The topological polar surface area (TPSA) is 3.24 Å². The third-order valence-corrected chi connectivity index (χ3v) is 4.00. The summed E-state index contributed by atoms with van der Waals surface area (Å²) in [5.41, 5.74) is 2.99. The average Bonchev–Trinajstić information content (AvgIpc) is 2.85. The average molecular weight is 231 g/mol. The highest BCUT2D eigenvalue weighted by Crippen LogP contribution is 2.20. The zero-order chi connectivity index (χ0) is 12.1. The van der Waals surface area contributed by atoms with Crippen molar-refractivity contribution in [3.05, 3.63) is 35.4 Å². The van der Waals surface area contributed by atoms with Crippen molar-refractivity contribution in [1.29, 1.82) is 0 Å². The summed E-state index contributed by atoms with van der Waals surface area (Å²) in [6.07, 6.45) is 6.67. The van der Waals surface area contributed by atoms with E-state index < -0.39 is 0 Å². The van der Waals surface area contributed by atoms with E-state index in [2.05, 4.69) is 43.0 Å². The molecular formula is C16H25N. The number of likely N-dealkylation sites (tertiary alicyclic amines) is 1. The highest BCUT2D eigenvalue weighted by atomic mass is 15.2. The fraction of sp³-hybridized carbons (Fsp3) is 0.625. The van der Waals surface area contributed by atoms with Crippen molar-refractivity contribution >= 4 is 0 Å². The number of hydrogen-bond donors (Lipinski definition) is 0. The molecule has 0 radical (unpaired) electrons. The predicted octanol–water partition coefficient (Wildman–Crippen LogP) is 3.80. The molecule has 0 aromatic heterocycles. The van der Waals surface area contributed by atoms with Crippen molar-refractivity contribution in [2.45, 2.75) is 52.0 Å². The molecule has 0 aliphatic carbocycles. The maximum Gasteiger partial charge on any atom is 0.0136 e. The van der Waals surface area contributed by atoms with E-state index >= 15 is 0 Å². The van der Waals surface area contributed by atoms with Crippen LogP contribution < -0.4 is 0 Å². The minimum Gasteiger partial charge on any atom is -0.300 e. The van der Waals surface area contributed by atoms with Crippen molar-refractivity contribution in [3.63, 3.8) is 0 Å². The summed E-state index contributed by atoms with van der Waals surface area (Å²) in [4.78, 5) is 2.70. The highest BCUT2D eigenvalue weighted by molar-refractivity contribution is 5.26. The van der Waals surface area contributed by atoms with Gasteiger partial charge in [-0.1, -0.05) is 37.6 Å².